The molecule has 2 fully saturated rings. The SMILES string of the molecule is O[C@H]1CN[C@H]([C@H]2CCNC2)C1. The molecule has 11 heavy (non-hydrogen) atoms. The summed E-state index contributed by atoms with van der Waals surface area (Å²) in [6.45, 7) is 3.07. The molecule has 0 aromatic heterocycles. The van der Waals surface area contributed by atoms with Crippen molar-refractivity contribution in [1.29, 1.82) is 0 Å². The lowest BCUT2D eigenvalue weighted by Gasteiger charge is -2.16. The number of hydrogen-bond acceptors (Lipinski definition) is 3. The Morgan fingerprint density at radius 2 is 2.18 bits per heavy atom. The third-order valence-electron chi connectivity index (χ3n) is 2.81. The third kappa shape index (κ3) is 1.55. The normalized spacial score (nSPS) is 45.0. The second kappa shape index (κ2) is 3.09. The fourth-order valence-corrected chi connectivity index (χ4v) is 2.13. The summed E-state index contributed by atoms with van der Waals surface area (Å²) in [4.78, 5) is 0. The van der Waals surface area contributed by atoms with Gasteiger partial charge in [-0.15, -0.1) is 0 Å². The first-order chi connectivity index (χ1) is 5.36. The summed E-state index contributed by atoms with van der Waals surface area (Å²) in [6.07, 6.45) is 2.12. The summed E-state index contributed by atoms with van der Waals surface area (Å²) in [7, 11) is 0. The summed E-state index contributed by atoms with van der Waals surface area (Å²) < 4.78 is 0. The van der Waals surface area contributed by atoms with Crippen LogP contribution in [-0.2, 0) is 0 Å². The van der Waals surface area contributed by atoms with Crippen molar-refractivity contribution in [3.8, 4) is 0 Å². The summed E-state index contributed by atoms with van der Waals surface area (Å²) in [5.74, 6) is 0.757. The van der Waals surface area contributed by atoms with Gasteiger partial charge in [0.25, 0.3) is 0 Å². The molecular weight excluding hydrogens is 140 g/mol. The first kappa shape index (κ1) is 7.53. The number of hydrogen-bond donors (Lipinski definition) is 3. The van der Waals surface area contributed by atoms with E-state index in [1.54, 1.807) is 0 Å². The van der Waals surface area contributed by atoms with Crippen LogP contribution in [0.25, 0.3) is 0 Å². The molecule has 0 bridgehead atoms. The van der Waals surface area contributed by atoms with Gasteiger partial charge in [0.1, 0.15) is 0 Å². The molecule has 3 heteroatoms. The number of nitrogens with one attached hydrogen (secondary N) is 2. The summed E-state index contributed by atoms with van der Waals surface area (Å²) >= 11 is 0. The van der Waals surface area contributed by atoms with Crippen LogP contribution in [0.3, 0.4) is 0 Å². The average Bonchev–Trinajstić information content (AvgIpc) is 2.55. The highest BCUT2D eigenvalue weighted by Crippen LogP contribution is 2.20. The summed E-state index contributed by atoms with van der Waals surface area (Å²) in [5.41, 5.74) is 0. The van der Waals surface area contributed by atoms with Crippen molar-refractivity contribution in [2.75, 3.05) is 19.6 Å². The quantitative estimate of drug-likeness (QED) is 0.471. The highest BCUT2D eigenvalue weighted by Gasteiger charge is 2.30. The Balaban J connectivity index is 1.85. The Labute approximate surface area is 67.2 Å². The third-order valence-corrected chi connectivity index (χ3v) is 2.81. The molecule has 0 unspecified atom stereocenters. The van der Waals surface area contributed by atoms with Crippen molar-refractivity contribution in [3.63, 3.8) is 0 Å². The van der Waals surface area contributed by atoms with E-state index in [1.807, 2.05) is 0 Å². The summed E-state index contributed by atoms with van der Waals surface area (Å²) in [6, 6.07) is 0.569. The molecule has 0 aromatic carbocycles. The molecule has 2 aliphatic heterocycles. The number of β-amino-alcohol motifs (C(OH)–C–C–N with tert-alkyl or cyclic N) is 1. The monoisotopic (exact) mass is 156 g/mol. The molecule has 3 atom stereocenters. The predicted molar refractivity (Wildman–Crippen MR) is 43.4 cm³/mol. The van der Waals surface area contributed by atoms with Crippen LogP contribution in [0.2, 0.25) is 0 Å². The van der Waals surface area contributed by atoms with Gasteiger partial charge >= 0.3 is 0 Å². The molecule has 0 aliphatic carbocycles. The second-order valence-corrected chi connectivity index (χ2v) is 3.66. The van der Waals surface area contributed by atoms with Crippen LogP contribution in [-0.4, -0.2) is 36.9 Å². The zero-order chi connectivity index (χ0) is 7.68. The molecule has 2 aliphatic rings. The molecule has 2 saturated heterocycles. The molecule has 0 spiro atoms. The topological polar surface area (TPSA) is 44.3 Å². The average molecular weight is 156 g/mol. The number of aliphatic hydroxyl groups excluding tert-OH is 1. The van der Waals surface area contributed by atoms with Gasteiger partial charge in [0.05, 0.1) is 6.10 Å². The van der Waals surface area contributed by atoms with E-state index in [0.717, 1.165) is 32.0 Å². The van der Waals surface area contributed by atoms with Crippen molar-refractivity contribution >= 4 is 0 Å². The fourth-order valence-electron chi connectivity index (χ4n) is 2.13. The molecule has 0 aromatic rings. The van der Waals surface area contributed by atoms with Gasteiger partial charge in [0.15, 0.2) is 0 Å². The van der Waals surface area contributed by atoms with E-state index in [9.17, 15) is 5.11 Å². The van der Waals surface area contributed by atoms with Gasteiger partial charge in [-0.05, 0) is 31.8 Å². The van der Waals surface area contributed by atoms with Gasteiger partial charge in [-0.25, -0.2) is 0 Å². The van der Waals surface area contributed by atoms with E-state index in [2.05, 4.69) is 10.6 Å². The van der Waals surface area contributed by atoms with E-state index in [1.165, 1.54) is 6.42 Å². The van der Waals surface area contributed by atoms with Crippen molar-refractivity contribution < 1.29 is 5.11 Å². The highest BCUT2D eigenvalue weighted by molar-refractivity contribution is 4.89. The van der Waals surface area contributed by atoms with Gasteiger partial charge in [-0.3, -0.25) is 0 Å². The van der Waals surface area contributed by atoms with Crippen LogP contribution in [0.5, 0.6) is 0 Å². The molecular formula is C8H16N2O. The molecule has 2 rings (SSSR count). The van der Waals surface area contributed by atoms with Gasteiger partial charge in [-0.2, -0.15) is 0 Å². The zero-order valence-electron chi connectivity index (χ0n) is 6.71. The Morgan fingerprint density at radius 3 is 2.73 bits per heavy atom. The second-order valence-electron chi connectivity index (χ2n) is 3.66. The first-order valence-electron chi connectivity index (χ1n) is 4.48. The van der Waals surface area contributed by atoms with E-state index in [-0.39, 0.29) is 6.10 Å². The van der Waals surface area contributed by atoms with Crippen molar-refractivity contribution in [3.05, 3.63) is 0 Å². The van der Waals surface area contributed by atoms with Gasteiger partial charge < -0.3 is 15.7 Å². The lowest BCUT2D eigenvalue weighted by molar-refractivity contribution is 0.190. The van der Waals surface area contributed by atoms with E-state index >= 15 is 0 Å². The minimum absolute atomic E-state index is 0.0967. The minimum atomic E-state index is -0.0967. The predicted octanol–water partition coefficient (Wildman–Crippen LogP) is -0.681. The molecule has 3 N–H and O–H groups in total. The zero-order valence-corrected chi connectivity index (χ0v) is 6.71. The maximum absolute atomic E-state index is 9.28. The number of aliphatic hydroxyl groups is 1. The minimum Gasteiger partial charge on any atom is -0.392 e. The van der Waals surface area contributed by atoms with Gasteiger partial charge in [0.2, 0.25) is 0 Å². The van der Waals surface area contributed by atoms with Crippen LogP contribution in [0, 0.1) is 5.92 Å². The van der Waals surface area contributed by atoms with E-state index in [4.69, 9.17) is 0 Å². The highest BCUT2D eigenvalue weighted by atomic mass is 16.3. The number of rotatable bonds is 1. The largest absolute Gasteiger partial charge is 0.392 e. The van der Waals surface area contributed by atoms with E-state index in [0.29, 0.717) is 6.04 Å². The van der Waals surface area contributed by atoms with Crippen LogP contribution in [0.4, 0.5) is 0 Å². The van der Waals surface area contributed by atoms with Gasteiger partial charge in [0, 0.05) is 12.6 Å². The Bertz CT molecular complexity index is 134. The van der Waals surface area contributed by atoms with Crippen LogP contribution in [0.15, 0.2) is 0 Å². The Morgan fingerprint density at radius 1 is 1.27 bits per heavy atom. The maximum atomic E-state index is 9.28. The van der Waals surface area contributed by atoms with Crippen LogP contribution < -0.4 is 10.6 Å². The molecule has 2 heterocycles. The molecule has 0 radical (unpaired) electrons. The van der Waals surface area contributed by atoms with Crippen molar-refractivity contribution in [1.82, 2.24) is 10.6 Å². The fraction of sp³-hybridized carbons (Fsp3) is 1.00. The van der Waals surface area contributed by atoms with E-state index < -0.39 is 0 Å². The molecule has 0 saturated carbocycles. The standard InChI is InChI=1S/C8H16N2O/c11-7-3-8(10-5-7)6-1-2-9-4-6/h6-11H,1-5H2/t6-,7+,8-/m0/s1. The van der Waals surface area contributed by atoms with Gasteiger partial charge in [-0.1, -0.05) is 0 Å². The van der Waals surface area contributed by atoms with Crippen LogP contribution >= 0.6 is 0 Å². The maximum Gasteiger partial charge on any atom is 0.0679 e. The Kier molecular flexibility index (Phi) is 2.11. The summed E-state index contributed by atoms with van der Waals surface area (Å²) in [5, 5.41) is 16.0. The molecule has 0 amide bonds. The first-order valence-corrected chi connectivity index (χ1v) is 4.48. The molecule has 3 nitrogen and oxygen atoms in total. The smallest absolute Gasteiger partial charge is 0.0679 e. The van der Waals surface area contributed by atoms with Crippen LogP contribution in [0.1, 0.15) is 12.8 Å². The lowest BCUT2D eigenvalue weighted by atomic mass is 9.97. The Hall–Kier alpha value is -0.120. The lowest BCUT2D eigenvalue weighted by Crippen LogP contribution is -2.31. The van der Waals surface area contributed by atoms with Crippen molar-refractivity contribution in [2.45, 2.75) is 25.0 Å². The van der Waals surface area contributed by atoms with Crippen molar-refractivity contribution in [2.24, 2.45) is 5.92 Å². The molecule has 64 valence electrons.